The van der Waals surface area contributed by atoms with E-state index in [1.54, 1.807) is 0 Å². The van der Waals surface area contributed by atoms with Crippen molar-refractivity contribution in [3.05, 3.63) is 39.7 Å². The minimum absolute atomic E-state index is 0.0243. The average molecular weight is 339 g/mol. The van der Waals surface area contributed by atoms with Gasteiger partial charge in [-0.05, 0) is 44.6 Å². The first kappa shape index (κ1) is 18.3. The highest BCUT2D eigenvalue weighted by Crippen LogP contribution is 2.24. The zero-order valence-electron chi connectivity index (χ0n) is 13.7. The zero-order valence-corrected chi connectivity index (χ0v) is 13.7. The molecule has 1 aliphatic heterocycles. The number of nitro groups is 1. The summed E-state index contributed by atoms with van der Waals surface area (Å²) in [7, 11) is 0. The Kier molecular flexibility index (Phi) is 6.22. The first-order valence-corrected chi connectivity index (χ1v) is 8.01. The predicted octanol–water partition coefficient (Wildman–Crippen LogP) is 2.10. The molecule has 0 aromatic heterocycles. The third-order valence-electron chi connectivity index (χ3n) is 4.45. The van der Waals surface area contributed by atoms with Crippen LogP contribution in [0.25, 0.3) is 0 Å². The van der Waals surface area contributed by atoms with Crippen molar-refractivity contribution in [1.82, 2.24) is 9.80 Å². The molecule has 24 heavy (non-hydrogen) atoms. The van der Waals surface area contributed by atoms with Crippen molar-refractivity contribution in [2.24, 2.45) is 0 Å². The molecule has 8 heteroatoms. The molecule has 0 amide bonds. The Morgan fingerprint density at radius 2 is 2.12 bits per heavy atom. The molecule has 7 nitrogen and oxygen atoms in total. The molecule has 2 rings (SSSR count). The largest absolute Gasteiger partial charge is 0.480 e. The summed E-state index contributed by atoms with van der Waals surface area (Å²) in [5.41, 5.74) is 0.302. The van der Waals surface area contributed by atoms with Crippen molar-refractivity contribution in [1.29, 1.82) is 0 Å². The van der Waals surface area contributed by atoms with Crippen LogP contribution in [-0.4, -0.2) is 58.0 Å². The molecule has 1 N–H and O–H groups in total. The van der Waals surface area contributed by atoms with Crippen LogP contribution < -0.4 is 0 Å². The third kappa shape index (κ3) is 4.72. The fourth-order valence-electron chi connectivity index (χ4n) is 3.22. The molecule has 1 saturated heterocycles. The van der Waals surface area contributed by atoms with Gasteiger partial charge in [0.1, 0.15) is 5.82 Å². The van der Waals surface area contributed by atoms with Gasteiger partial charge in [0.25, 0.3) is 5.69 Å². The summed E-state index contributed by atoms with van der Waals surface area (Å²) in [5.74, 6) is -1.32. The maximum Gasteiger partial charge on any atom is 0.317 e. The quantitative estimate of drug-likeness (QED) is 0.605. The molecule has 0 unspecified atom stereocenters. The van der Waals surface area contributed by atoms with Crippen LogP contribution >= 0.6 is 0 Å². The number of rotatable bonds is 7. The van der Waals surface area contributed by atoms with Gasteiger partial charge in [0, 0.05) is 24.2 Å². The van der Waals surface area contributed by atoms with Gasteiger partial charge in [0.2, 0.25) is 0 Å². The molecule has 0 radical (unpaired) electrons. The van der Waals surface area contributed by atoms with E-state index < -0.39 is 16.7 Å². The number of carboxylic acid groups (broad SMARTS) is 1. The monoisotopic (exact) mass is 339 g/mol. The Morgan fingerprint density at radius 1 is 1.46 bits per heavy atom. The lowest BCUT2D eigenvalue weighted by Gasteiger charge is -2.37. The molecule has 132 valence electrons. The topological polar surface area (TPSA) is 86.9 Å². The number of likely N-dealkylation sites (tertiary alicyclic amines) is 1. The van der Waals surface area contributed by atoms with Gasteiger partial charge >= 0.3 is 5.97 Å². The number of nitrogens with zero attached hydrogens (tertiary/aromatic N) is 3. The van der Waals surface area contributed by atoms with Crippen LogP contribution in [0.3, 0.4) is 0 Å². The van der Waals surface area contributed by atoms with Gasteiger partial charge in [0.05, 0.1) is 11.5 Å². The second-order valence-electron chi connectivity index (χ2n) is 5.99. The first-order valence-electron chi connectivity index (χ1n) is 8.01. The second-order valence-corrected chi connectivity index (χ2v) is 5.99. The molecule has 1 fully saturated rings. The fourth-order valence-corrected chi connectivity index (χ4v) is 3.22. The van der Waals surface area contributed by atoms with Crippen molar-refractivity contribution in [3.8, 4) is 0 Å². The molecule has 1 heterocycles. The molecular weight excluding hydrogens is 317 g/mol. The number of nitro benzene ring substituents is 1. The Morgan fingerprint density at radius 3 is 2.67 bits per heavy atom. The normalized spacial score (nSPS) is 16.5. The van der Waals surface area contributed by atoms with E-state index in [0.717, 1.165) is 18.9 Å². The van der Waals surface area contributed by atoms with Gasteiger partial charge in [-0.2, -0.15) is 0 Å². The van der Waals surface area contributed by atoms with E-state index in [2.05, 4.69) is 0 Å². The van der Waals surface area contributed by atoms with Gasteiger partial charge in [-0.15, -0.1) is 0 Å². The minimum Gasteiger partial charge on any atom is -0.480 e. The highest BCUT2D eigenvalue weighted by Gasteiger charge is 2.26. The highest BCUT2D eigenvalue weighted by atomic mass is 19.1. The fraction of sp³-hybridized carbons (Fsp3) is 0.562. The third-order valence-corrected chi connectivity index (χ3v) is 4.45. The highest BCUT2D eigenvalue weighted by molar-refractivity contribution is 5.69. The smallest absolute Gasteiger partial charge is 0.317 e. The molecule has 1 aliphatic rings. The number of halogens is 1. The molecule has 1 aromatic rings. The molecule has 1 aromatic carbocycles. The maximum atomic E-state index is 13.4. The zero-order chi connectivity index (χ0) is 17.7. The summed E-state index contributed by atoms with van der Waals surface area (Å²) in [5, 5.41) is 20.0. The van der Waals surface area contributed by atoms with Crippen molar-refractivity contribution in [2.45, 2.75) is 32.4 Å². The summed E-state index contributed by atoms with van der Waals surface area (Å²) in [6.07, 6.45) is 1.59. The lowest BCUT2D eigenvalue weighted by Crippen LogP contribution is -2.46. The first-order chi connectivity index (χ1) is 11.4. The van der Waals surface area contributed by atoms with E-state index in [1.165, 1.54) is 12.1 Å². The van der Waals surface area contributed by atoms with Crippen LogP contribution in [0.2, 0.25) is 0 Å². The van der Waals surface area contributed by atoms with Crippen LogP contribution in [0.4, 0.5) is 10.1 Å². The van der Waals surface area contributed by atoms with E-state index in [1.807, 2.05) is 16.7 Å². The molecule has 0 saturated carbocycles. The lowest BCUT2D eigenvalue weighted by molar-refractivity contribution is -0.385. The van der Waals surface area contributed by atoms with Crippen molar-refractivity contribution >= 4 is 11.7 Å². The van der Waals surface area contributed by atoms with Crippen molar-refractivity contribution in [2.75, 3.05) is 26.2 Å². The Hall–Kier alpha value is -2.06. The van der Waals surface area contributed by atoms with Crippen LogP contribution in [0.1, 0.15) is 25.3 Å². The van der Waals surface area contributed by atoms with Crippen LogP contribution in [0.15, 0.2) is 18.2 Å². The van der Waals surface area contributed by atoms with E-state index in [4.69, 9.17) is 5.11 Å². The number of hydrogen-bond acceptors (Lipinski definition) is 5. The van der Waals surface area contributed by atoms with E-state index in [9.17, 15) is 19.3 Å². The molecule has 0 aliphatic carbocycles. The van der Waals surface area contributed by atoms with Crippen LogP contribution in [0.5, 0.6) is 0 Å². The summed E-state index contributed by atoms with van der Waals surface area (Å²) in [6, 6.07) is 3.71. The maximum absolute atomic E-state index is 13.4. The molecular formula is C16H22FN3O4. The van der Waals surface area contributed by atoms with Crippen molar-refractivity contribution < 1.29 is 19.2 Å². The van der Waals surface area contributed by atoms with Gasteiger partial charge in [-0.25, -0.2) is 4.39 Å². The number of aliphatic carboxylic acids is 1. The molecule has 0 atom stereocenters. The van der Waals surface area contributed by atoms with E-state index >= 15 is 0 Å². The summed E-state index contributed by atoms with van der Waals surface area (Å²) < 4.78 is 13.4. The Bertz CT molecular complexity index is 603. The SMILES string of the molecule is CCN(CC(=O)O)C1CCN(Cc2cc(F)ccc2[N+](=O)[O-])CC1. The van der Waals surface area contributed by atoms with Crippen molar-refractivity contribution in [3.63, 3.8) is 0 Å². The average Bonchev–Trinajstić information content (AvgIpc) is 2.53. The van der Waals surface area contributed by atoms with E-state index in [-0.39, 0.29) is 18.3 Å². The number of likely N-dealkylation sites (N-methyl/N-ethyl adjacent to an activating group) is 1. The number of benzene rings is 1. The van der Waals surface area contributed by atoms with Gasteiger partial charge in [-0.1, -0.05) is 6.92 Å². The van der Waals surface area contributed by atoms with Gasteiger partial charge < -0.3 is 5.11 Å². The summed E-state index contributed by atoms with van der Waals surface area (Å²) in [4.78, 5) is 25.4. The number of carbonyl (C=O) groups is 1. The lowest BCUT2D eigenvalue weighted by atomic mass is 10.0. The Balaban J connectivity index is 1.97. The molecule has 0 bridgehead atoms. The summed E-state index contributed by atoms with van der Waals surface area (Å²) >= 11 is 0. The second kappa shape index (κ2) is 8.16. The van der Waals surface area contributed by atoms with Gasteiger partial charge in [0.15, 0.2) is 0 Å². The van der Waals surface area contributed by atoms with Gasteiger partial charge in [-0.3, -0.25) is 24.7 Å². The number of hydrogen-bond donors (Lipinski definition) is 1. The number of carboxylic acids is 1. The summed E-state index contributed by atoms with van der Waals surface area (Å²) in [6.45, 7) is 4.36. The van der Waals surface area contributed by atoms with Crippen LogP contribution in [0, 0.1) is 15.9 Å². The Labute approximate surface area is 139 Å². The number of piperidine rings is 1. The molecule has 0 spiro atoms. The predicted molar refractivity (Wildman–Crippen MR) is 86.2 cm³/mol. The standard InChI is InChI=1S/C16H22FN3O4/c1-2-19(11-16(21)22)14-5-7-18(8-6-14)10-12-9-13(17)3-4-15(12)20(23)24/h3-4,9,14H,2,5-8,10-11H2,1H3,(H,21,22). The van der Waals surface area contributed by atoms with Crippen LogP contribution in [-0.2, 0) is 11.3 Å². The minimum atomic E-state index is -0.838. The van der Waals surface area contributed by atoms with E-state index in [0.29, 0.717) is 31.7 Å².